The number of fused-ring (bicyclic) bond motifs is 1. The standard InChI is InChI=1S/C14H16ClN3.2ClH/c15-12-3-1-2-10-4-5-13(18-14(10)12)17-11-6-8-16-9-7-11;;/h1-5,11,16H,6-9H2,(H,17,18);2*1H. The fourth-order valence-electron chi connectivity index (χ4n) is 2.37. The summed E-state index contributed by atoms with van der Waals surface area (Å²) in [5.74, 6) is 0.919. The largest absolute Gasteiger partial charge is 0.367 e. The molecule has 6 heteroatoms. The lowest BCUT2D eigenvalue weighted by molar-refractivity contribution is 0.478. The van der Waals surface area contributed by atoms with Gasteiger partial charge in [0.2, 0.25) is 0 Å². The maximum absolute atomic E-state index is 6.17. The molecular weight excluding hydrogens is 317 g/mol. The van der Waals surface area contributed by atoms with E-state index >= 15 is 0 Å². The van der Waals surface area contributed by atoms with Gasteiger partial charge in [-0.2, -0.15) is 0 Å². The molecule has 0 aliphatic carbocycles. The number of anilines is 1. The molecule has 2 N–H and O–H groups in total. The zero-order valence-electron chi connectivity index (χ0n) is 10.9. The highest BCUT2D eigenvalue weighted by atomic mass is 35.5. The molecule has 0 radical (unpaired) electrons. The molecule has 0 spiro atoms. The van der Waals surface area contributed by atoms with Crippen molar-refractivity contribution in [2.24, 2.45) is 0 Å². The molecule has 110 valence electrons. The van der Waals surface area contributed by atoms with Crippen LogP contribution in [0.5, 0.6) is 0 Å². The molecule has 0 bridgehead atoms. The highest BCUT2D eigenvalue weighted by Gasteiger charge is 2.13. The fraction of sp³-hybridized carbons (Fsp3) is 0.357. The number of para-hydroxylation sites is 1. The van der Waals surface area contributed by atoms with Crippen LogP contribution in [0.15, 0.2) is 30.3 Å². The van der Waals surface area contributed by atoms with Crippen molar-refractivity contribution in [2.45, 2.75) is 18.9 Å². The summed E-state index contributed by atoms with van der Waals surface area (Å²) in [5, 5.41) is 8.64. The van der Waals surface area contributed by atoms with Crippen molar-refractivity contribution in [3.8, 4) is 0 Å². The van der Waals surface area contributed by atoms with Crippen LogP contribution in [-0.4, -0.2) is 24.1 Å². The van der Waals surface area contributed by atoms with Crippen LogP contribution in [0, 0.1) is 0 Å². The average molecular weight is 335 g/mol. The molecule has 0 atom stereocenters. The van der Waals surface area contributed by atoms with Crippen molar-refractivity contribution >= 4 is 53.1 Å². The topological polar surface area (TPSA) is 37.0 Å². The Hall–Kier alpha value is -0.740. The number of aromatic nitrogens is 1. The summed E-state index contributed by atoms with van der Waals surface area (Å²) >= 11 is 6.17. The average Bonchev–Trinajstić information content (AvgIpc) is 2.41. The van der Waals surface area contributed by atoms with E-state index in [0.717, 1.165) is 42.7 Å². The molecule has 3 rings (SSSR count). The van der Waals surface area contributed by atoms with Gasteiger partial charge in [-0.1, -0.05) is 23.7 Å². The monoisotopic (exact) mass is 333 g/mol. The Labute approximate surface area is 136 Å². The maximum Gasteiger partial charge on any atom is 0.126 e. The van der Waals surface area contributed by atoms with E-state index in [0.29, 0.717) is 11.1 Å². The number of benzene rings is 1. The molecule has 0 saturated carbocycles. The van der Waals surface area contributed by atoms with Crippen LogP contribution in [-0.2, 0) is 0 Å². The molecule has 1 aromatic carbocycles. The van der Waals surface area contributed by atoms with Gasteiger partial charge in [0.25, 0.3) is 0 Å². The lowest BCUT2D eigenvalue weighted by Crippen LogP contribution is -2.35. The molecule has 2 aromatic rings. The van der Waals surface area contributed by atoms with E-state index in [-0.39, 0.29) is 24.8 Å². The second-order valence-corrected chi connectivity index (χ2v) is 5.08. The fourth-order valence-corrected chi connectivity index (χ4v) is 2.59. The number of hydrogen-bond donors (Lipinski definition) is 2. The first kappa shape index (κ1) is 17.3. The van der Waals surface area contributed by atoms with Crippen LogP contribution in [0.4, 0.5) is 5.82 Å². The number of hydrogen-bond acceptors (Lipinski definition) is 3. The van der Waals surface area contributed by atoms with Gasteiger partial charge in [-0.3, -0.25) is 0 Å². The molecular formula is C14H18Cl3N3. The minimum Gasteiger partial charge on any atom is -0.367 e. The van der Waals surface area contributed by atoms with Crippen LogP contribution >= 0.6 is 36.4 Å². The van der Waals surface area contributed by atoms with Crippen molar-refractivity contribution in [1.29, 1.82) is 0 Å². The summed E-state index contributed by atoms with van der Waals surface area (Å²) in [6.07, 6.45) is 2.28. The van der Waals surface area contributed by atoms with Gasteiger partial charge in [0.1, 0.15) is 5.82 Å². The molecule has 1 saturated heterocycles. The van der Waals surface area contributed by atoms with Gasteiger partial charge in [0.05, 0.1) is 10.5 Å². The second kappa shape index (κ2) is 7.89. The summed E-state index contributed by atoms with van der Waals surface area (Å²) in [4.78, 5) is 4.61. The Morgan fingerprint density at radius 1 is 1.10 bits per heavy atom. The van der Waals surface area contributed by atoms with E-state index < -0.39 is 0 Å². The second-order valence-electron chi connectivity index (χ2n) is 4.68. The highest BCUT2D eigenvalue weighted by Crippen LogP contribution is 2.23. The van der Waals surface area contributed by atoms with Gasteiger partial charge >= 0.3 is 0 Å². The Bertz CT molecular complexity index is 556. The van der Waals surface area contributed by atoms with Crippen LogP contribution in [0.2, 0.25) is 5.02 Å². The van der Waals surface area contributed by atoms with E-state index in [1.54, 1.807) is 0 Å². The molecule has 20 heavy (non-hydrogen) atoms. The van der Waals surface area contributed by atoms with E-state index in [1.807, 2.05) is 24.3 Å². The molecule has 0 unspecified atom stereocenters. The van der Waals surface area contributed by atoms with Gasteiger partial charge < -0.3 is 10.6 Å². The zero-order chi connectivity index (χ0) is 12.4. The first-order valence-corrected chi connectivity index (χ1v) is 6.73. The number of halogens is 3. The van der Waals surface area contributed by atoms with Gasteiger partial charge in [0, 0.05) is 11.4 Å². The van der Waals surface area contributed by atoms with Crippen molar-refractivity contribution in [3.63, 3.8) is 0 Å². The summed E-state index contributed by atoms with van der Waals surface area (Å²) < 4.78 is 0. The molecule has 2 heterocycles. The van der Waals surface area contributed by atoms with Gasteiger partial charge in [-0.05, 0) is 44.1 Å². The third-order valence-corrected chi connectivity index (χ3v) is 3.67. The number of piperidine rings is 1. The molecule has 3 nitrogen and oxygen atoms in total. The SMILES string of the molecule is Cl.Cl.Clc1cccc2ccc(NC3CCNCC3)nc12. The number of nitrogens with one attached hydrogen (secondary N) is 2. The minimum absolute atomic E-state index is 0. The summed E-state index contributed by atoms with van der Waals surface area (Å²) in [5.41, 5.74) is 0.873. The zero-order valence-corrected chi connectivity index (χ0v) is 13.3. The molecule has 0 amide bonds. The number of nitrogens with zero attached hydrogens (tertiary/aromatic N) is 1. The van der Waals surface area contributed by atoms with Crippen molar-refractivity contribution in [3.05, 3.63) is 35.4 Å². The lowest BCUT2D eigenvalue weighted by Gasteiger charge is -2.24. The van der Waals surface area contributed by atoms with Crippen LogP contribution in [0.3, 0.4) is 0 Å². The van der Waals surface area contributed by atoms with Crippen LogP contribution < -0.4 is 10.6 Å². The van der Waals surface area contributed by atoms with E-state index in [4.69, 9.17) is 11.6 Å². The Morgan fingerprint density at radius 2 is 1.85 bits per heavy atom. The van der Waals surface area contributed by atoms with Crippen LogP contribution in [0.25, 0.3) is 10.9 Å². The maximum atomic E-state index is 6.17. The molecule has 1 fully saturated rings. The van der Waals surface area contributed by atoms with E-state index in [1.165, 1.54) is 0 Å². The molecule has 1 aromatic heterocycles. The first-order valence-electron chi connectivity index (χ1n) is 6.35. The summed E-state index contributed by atoms with van der Waals surface area (Å²) in [6, 6.07) is 10.5. The van der Waals surface area contributed by atoms with Gasteiger partial charge in [-0.15, -0.1) is 24.8 Å². The van der Waals surface area contributed by atoms with E-state index in [9.17, 15) is 0 Å². The predicted octanol–water partition coefficient (Wildman–Crippen LogP) is 3.90. The first-order chi connectivity index (χ1) is 8.83. The summed E-state index contributed by atoms with van der Waals surface area (Å²) in [7, 11) is 0. The van der Waals surface area contributed by atoms with Gasteiger partial charge in [0.15, 0.2) is 0 Å². The lowest BCUT2D eigenvalue weighted by atomic mass is 10.1. The smallest absolute Gasteiger partial charge is 0.126 e. The minimum atomic E-state index is 0. The van der Waals surface area contributed by atoms with Crippen molar-refractivity contribution in [1.82, 2.24) is 10.3 Å². The van der Waals surface area contributed by atoms with E-state index in [2.05, 4.69) is 21.7 Å². The molecule has 1 aliphatic heterocycles. The van der Waals surface area contributed by atoms with Crippen molar-refractivity contribution < 1.29 is 0 Å². The van der Waals surface area contributed by atoms with Crippen LogP contribution in [0.1, 0.15) is 12.8 Å². The number of rotatable bonds is 2. The third-order valence-electron chi connectivity index (χ3n) is 3.36. The normalized spacial score (nSPS) is 15.2. The Balaban J connectivity index is 0.000001000. The highest BCUT2D eigenvalue weighted by molar-refractivity contribution is 6.35. The third kappa shape index (κ3) is 3.89. The molecule has 1 aliphatic rings. The van der Waals surface area contributed by atoms with Gasteiger partial charge in [-0.25, -0.2) is 4.98 Å². The Morgan fingerprint density at radius 3 is 2.60 bits per heavy atom. The van der Waals surface area contributed by atoms with Crippen molar-refractivity contribution in [2.75, 3.05) is 18.4 Å². The number of pyridine rings is 1. The predicted molar refractivity (Wildman–Crippen MR) is 90.8 cm³/mol. The summed E-state index contributed by atoms with van der Waals surface area (Å²) in [6.45, 7) is 2.15. The quantitative estimate of drug-likeness (QED) is 0.874. The Kier molecular flexibility index (Phi) is 6.83.